The monoisotopic (exact) mass is 267 g/mol. The first kappa shape index (κ1) is 15.5. The second kappa shape index (κ2) is 6.08. The third-order valence-corrected chi connectivity index (χ3v) is 3.04. The summed E-state index contributed by atoms with van der Waals surface area (Å²) in [7, 11) is 3.52. The zero-order chi connectivity index (χ0) is 14.6. The van der Waals surface area contributed by atoms with Gasteiger partial charge in [0.15, 0.2) is 5.82 Å². The lowest BCUT2D eigenvalue weighted by molar-refractivity contribution is 0.215. The minimum atomic E-state index is -0.108. The lowest BCUT2D eigenvalue weighted by atomic mass is 9.93. The van der Waals surface area contributed by atoms with Crippen molar-refractivity contribution >= 4 is 11.8 Å². The maximum atomic E-state index is 12.2. The summed E-state index contributed by atoms with van der Waals surface area (Å²) < 4.78 is 5.30. The van der Waals surface area contributed by atoms with Crippen LogP contribution in [0.2, 0.25) is 0 Å². The van der Waals surface area contributed by atoms with Gasteiger partial charge < -0.3 is 9.42 Å². The molecule has 0 bridgehead atoms. The zero-order valence-corrected chi connectivity index (χ0v) is 12.9. The quantitative estimate of drug-likeness (QED) is 0.841. The van der Waals surface area contributed by atoms with Crippen LogP contribution in [0.25, 0.3) is 0 Å². The Bertz CT molecular complexity index is 421. The highest BCUT2D eigenvalue weighted by Gasteiger charge is 2.23. The van der Waals surface area contributed by atoms with Gasteiger partial charge in [-0.15, -0.1) is 0 Å². The Labute approximate surface area is 115 Å². The molecule has 19 heavy (non-hydrogen) atoms. The number of nitrogens with zero attached hydrogens (tertiary/aromatic N) is 3. The first-order chi connectivity index (χ1) is 8.77. The highest BCUT2D eigenvalue weighted by molar-refractivity contribution is 5.90. The van der Waals surface area contributed by atoms with Crippen molar-refractivity contribution in [2.75, 3.05) is 25.5 Å². The number of anilines is 1. The molecular weight excluding hydrogens is 242 g/mol. The molecule has 0 saturated carbocycles. The molecular formula is C14H25N3O2. The average molecular weight is 267 g/mol. The SMILES string of the molecule is CCCCN(C)C(=O)N(C)c1cc(C(C)(C)C)on1. The summed E-state index contributed by atoms with van der Waals surface area (Å²) in [6, 6.07) is 1.76. The number of carbonyl (C=O) groups is 1. The number of urea groups is 1. The van der Waals surface area contributed by atoms with E-state index in [0.29, 0.717) is 5.82 Å². The van der Waals surface area contributed by atoms with Crippen molar-refractivity contribution in [2.24, 2.45) is 0 Å². The van der Waals surface area contributed by atoms with E-state index in [1.807, 2.05) is 26.8 Å². The molecule has 108 valence electrons. The second-order valence-corrected chi connectivity index (χ2v) is 5.92. The molecule has 0 fully saturated rings. The third-order valence-electron chi connectivity index (χ3n) is 3.04. The van der Waals surface area contributed by atoms with E-state index in [0.717, 1.165) is 25.1 Å². The van der Waals surface area contributed by atoms with Crippen LogP contribution in [0, 0.1) is 0 Å². The first-order valence-corrected chi connectivity index (χ1v) is 6.73. The van der Waals surface area contributed by atoms with E-state index in [4.69, 9.17) is 4.52 Å². The molecule has 0 N–H and O–H groups in total. The van der Waals surface area contributed by atoms with Crippen LogP contribution in [0.15, 0.2) is 10.6 Å². The molecule has 1 heterocycles. The number of unbranched alkanes of at least 4 members (excludes halogenated alkanes) is 1. The van der Waals surface area contributed by atoms with E-state index in [1.165, 1.54) is 4.90 Å². The first-order valence-electron chi connectivity index (χ1n) is 6.73. The largest absolute Gasteiger partial charge is 0.359 e. The molecule has 5 nitrogen and oxygen atoms in total. The van der Waals surface area contributed by atoms with Gasteiger partial charge in [-0.05, 0) is 6.42 Å². The van der Waals surface area contributed by atoms with E-state index < -0.39 is 0 Å². The smallest absolute Gasteiger partial charge is 0.325 e. The third kappa shape index (κ3) is 3.98. The normalized spacial score (nSPS) is 11.5. The van der Waals surface area contributed by atoms with Crippen LogP contribution < -0.4 is 4.90 Å². The molecule has 0 aliphatic heterocycles. The standard InChI is InChI=1S/C14H25N3O2/c1-7-8-9-16(5)13(18)17(6)12-10-11(19-15-12)14(2,3)4/h10H,7-9H2,1-6H3. The fraction of sp³-hybridized carbons (Fsp3) is 0.714. The van der Waals surface area contributed by atoms with Crippen LogP contribution in [0.4, 0.5) is 10.6 Å². The van der Waals surface area contributed by atoms with Gasteiger partial charge in [0.2, 0.25) is 0 Å². The highest BCUT2D eigenvalue weighted by Crippen LogP contribution is 2.25. The van der Waals surface area contributed by atoms with Crippen molar-refractivity contribution in [1.82, 2.24) is 10.1 Å². The molecule has 0 radical (unpaired) electrons. The number of aromatic nitrogens is 1. The van der Waals surface area contributed by atoms with Crippen molar-refractivity contribution < 1.29 is 9.32 Å². The molecule has 0 unspecified atom stereocenters. The molecule has 0 spiro atoms. The number of carbonyl (C=O) groups excluding carboxylic acids is 1. The molecule has 0 atom stereocenters. The van der Waals surface area contributed by atoms with E-state index in [9.17, 15) is 4.79 Å². The van der Waals surface area contributed by atoms with Gasteiger partial charge in [0.1, 0.15) is 5.76 Å². The summed E-state index contributed by atoms with van der Waals surface area (Å²) in [5.74, 6) is 1.33. The van der Waals surface area contributed by atoms with E-state index in [-0.39, 0.29) is 11.4 Å². The average Bonchev–Trinajstić information content (AvgIpc) is 2.83. The van der Waals surface area contributed by atoms with Crippen LogP contribution in [0.5, 0.6) is 0 Å². The molecule has 1 aromatic heterocycles. The lowest BCUT2D eigenvalue weighted by Crippen LogP contribution is -2.39. The summed E-state index contributed by atoms with van der Waals surface area (Å²) in [6.45, 7) is 9.00. The summed E-state index contributed by atoms with van der Waals surface area (Å²) in [6.07, 6.45) is 2.07. The van der Waals surface area contributed by atoms with Crippen LogP contribution in [0.1, 0.15) is 46.3 Å². The topological polar surface area (TPSA) is 49.6 Å². The molecule has 1 rings (SSSR count). The number of amides is 2. The molecule has 2 amide bonds. The van der Waals surface area contributed by atoms with Gasteiger partial charge >= 0.3 is 6.03 Å². The Morgan fingerprint density at radius 2 is 2.00 bits per heavy atom. The van der Waals surface area contributed by atoms with Crippen LogP contribution >= 0.6 is 0 Å². The summed E-state index contributed by atoms with van der Waals surface area (Å²) in [5.41, 5.74) is -0.108. The fourth-order valence-corrected chi connectivity index (χ4v) is 1.62. The minimum Gasteiger partial charge on any atom is -0.359 e. The van der Waals surface area contributed by atoms with Gasteiger partial charge in [0.05, 0.1) is 0 Å². The summed E-state index contributed by atoms with van der Waals surface area (Å²) >= 11 is 0. The van der Waals surface area contributed by atoms with Crippen molar-refractivity contribution in [3.63, 3.8) is 0 Å². The summed E-state index contributed by atoms with van der Waals surface area (Å²) in [5, 5.41) is 3.97. The molecule has 0 aliphatic carbocycles. The van der Waals surface area contributed by atoms with Crippen molar-refractivity contribution in [3.05, 3.63) is 11.8 Å². The van der Waals surface area contributed by atoms with E-state index >= 15 is 0 Å². The predicted octanol–water partition coefficient (Wildman–Crippen LogP) is 3.26. The van der Waals surface area contributed by atoms with Gasteiger partial charge in [-0.3, -0.25) is 4.90 Å². The Kier molecular flexibility index (Phi) is 4.97. The van der Waals surface area contributed by atoms with Gasteiger partial charge in [0, 0.05) is 32.1 Å². The van der Waals surface area contributed by atoms with Crippen LogP contribution in [0.3, 0.4) is 0 Å². The van der Waals surface area contributed by atoms with Crippen molar-refractivity contribution in [2.45, 2.75) is 46.0 Å². The Balaban J connectivity index is 2.74. The summed E-state index contributed by atoms with van der Waals surface area (Å²) in [4.78, 5) is 15.4. The lowest BCUT2D eigenvalue weighted by Gasteiger charge is -2.22. The zero-order valence-electron chi connectivity index (χ0n) is 12.9. The minimum absolute atomic E-state index is 0.0674. The maximum absolute atomic E-state index is 12.2. The van der Waals surface area contributed by atoms with Crippen LogP contribution in [-0.4, -0.2) is 36.7 Å². The van der Waals surface area contributed by atoms with E-state index in [2.05, 4.69) is 12.1 Å². The fourth-order valence-electron chi connectivity index (χ4n) is 1.62. The van der Waals surface area contributed by atoms with Gasteiger partial charge in [-0.1, -0.05) is 39.3 Å². The molecule has 1 aromatic rings. The van der Waals surface area contributed by atoms with E-state index in [1.54, 1.807) is 19.0 Å². The Morgan fingerprint density at radius 3 is 2.47 bits per heavy atom. The van der Waals surface area contributed by atoms with Gasteiger partial charge in [-0.25, -0.2) is 4.79 Å². The van der Waals surface area contributed by atoms with Crippen molar-refractivity contribution in [3.8, 4) is 0 Å². The molecule has 0 saturated heterocycles. The second-order valence-electron chi connectivity index (χ2n) is 5.92. The predicted molar refractivity (Wildman–Crippen MR) is 76.5 cm³/mol. The van der Waals surface area contributed by atoms with Crippen molar-refractivity contribution in [1.29, 1.82) is 0 Å². The van der Waals surface area contributed by atoms with Crippen LogP contribution in [-0.2, 0) is 5.41 Å². The molecule has 0 aliphatic rings. The number of hydrogen-bond acceptors (Lipinski definition) is 3. The Hall–Kier alpha value is -1.52. The maximum Gasteiger partial charge on any atom is 0.325 e. The number of rotatable bonds is 4. The van der Waals surface area contributed by atoms with Gasteiger partial charge in [-0.2, -0.15) is 0 Å². The highest BCUT2D eigenvalue weighted by atomic mass is 16.5. The van der Waals surface area contributed by atoms with Gasteiger partial charge in [0.25, 0.3) is 0 Å². The number of hydrogen-bond donors (Lipinski definition) is 0. The molecule has 0 aromatic carbocycles. The molecule has 5 heteroatoms. The Morgan fingerprint density at radius 1 is 1.37 bits per heavy atom.